The van der Waals surface area contributed by atoms with E-state index in [1.54, 1.807) is 12.3 Å². The van der Waals surface area contributed by atoms with Crippen LogP contribution in [-0.2, 0) is 19.0 Å². The van der Waals surface area contributed by atoms with Gasteiger partial charge in [0.05, 0.1) is 5.56 Å². The van der Waals surface area contributed by atoms with Gasteiger partial charge in [0.15, 0.2) is 5.78 Å². The number of aromatic nitrogens is 1. The number of Topliss-reactive ketones (excluding diaryl/α,β-unsaturated/α-hetero) is 1. The fourth-order valence-electron chi connectivity index (χ4n) is 4.49. The van der Waals surface area contributed by atoms with Crippen LogP contribution in [0.3, 0.4) is 0 Å². The molecule has 0 N–H and O–H groups in total. The molecule has 1 aromatic carbocycles. The van der Waals surface area contributed by atoms with E-state index in [0.717, 1.165) is 23.7 Å². The van der Waals surface area contributed by atoms with Crippen molar-refractivity contribution in [2.24, 2.45) is 5.92 Å². The van der Waals surface area contributed by atoms with E-state index in [1.165, 1.54) is 44.2 Å². The predicted molar refractivity (Wildman–Crippen MR) is 117 cm³/mol. The number of halogens is 3. The maximum atomic E-state index is 12.9. The minimum absolute atomic E-state index is 0.159. The molecule has 2 nitrogen and oxygen atoms in total. The molecule has 1 aromatic heterocycles. The van der Waals surface area contributed by atoms with Gasteiger partial charge in [-0.1, -0.05) is 64.2 Å². The van der Waals surface area contributed by atoms with E-state index in [0.29, 0.717) is 36.3 Å². The van der Waals surface area contributed by atoms with Crippen molar-refractivity contribution in [3.63, 3.8) is 0 Å². The van der Waals surface area contributed by atoms with E-state index < -0.39 is 11.7 Å². The summed E-state index contributed by atoms with van der Waals surface area (Å²) in [7, 11) is 0. The zero-order chi connectivity index (χ0) is 22.4. The van der Waals surface area contributed by atoms with Crippen molar-refractivity contribution < 1.29 is 18.0 Å². The highest BCUT2D eigenvalue weighted by atomic mass is 19.4. The van der Waals surface area contributed by atoms with Crippen molar-refractivity contribution >= 4 is 5.78 Å². The molecular formula is C26H32F3NO. The minimum Gasteiger partial charge on any atom is -0.294 e. The SMILES string of the molecule is CC(C)c1cc(CCc2cccc(C(F)(F)F)c2)ncc1C(=O)CCC1CCCCC1. The van der Waals surface area contributed by atoms with Gasteiger partial charge < -0.3 is 0 Å². The Morgan fingerprint density at radius 3 is 2.52 bits per heavy atom. The highest BCUT2D eigenvalue weighted by molar-refractivity contribution is 5.97. The van der Waals surface area contributed by atoms with E-state index in [-0.39, 0.29) is 11.7 Å². The van der Waals surface area contributed by atoms with Gasteiger partial charge in [0, 0.05) is 23.9 Å². The molecule has 0 radical (unpaired) electrons. The average molecular weight is 432 g/mol. The lowest BCUT2D eigenvalue weighted by atomic mass is 9.84. The highest BCUT2D eigenvalue weighted by Gasteiger charge is 2.30. The lowest BCUT2D eigenvalue weighted by Gasteiger charge is -2.21. The molecule has 0 amide bonds. The molecule has 0 spiro atoms. The standard InChI is InChI=1S/C26H32F3NO/c1-18(2)23-16-22(13-11-20-9-6-10-21(15-20)26(27,28)29)30-17-24(23)25(31)14-12-19-7-4-3-5-8-19/h6,9-10,15-19H,3-5,7-8,11-14H2,1-2H3. The quantitative estimate of drug-likeness (QED) is 0.404. The number of ketones is 1. The number of aryl methyl sites for hydroxylation is 2. The zero-order valence-corrected chi connectivity index (χ0v) is 18.5. The van der Waals surface area contributed by atoms with E-state index in [4.69, 9.17) is 0 Å². The Labute approximate surface area is 183 Å². The molecule has 3 rings (SSSR count). The maximum Gasteiger partial charge on any atom is 0.416 e. The predicted octanol–water partition coefficient (Wildman–Crippen LogP) is 7.55. The van der Waals surface area contributed by atoms with Crippen molar-refractivity contribution in [2.45, 2.75) is 83.7 Å². The van der Waals surface area contributed by atoms with Gasteiger partial charge in [-0.05, 0) is 54.4 Å². The summed E-state index contributed by atoms with van der Waals surface area (Å²) in [5, 5.41) is 0. The van der Waals surface area contributed by atoms with Gasteiger partial charge in [0.1, 0.15) is 0 Å². The van der Waals surface area contributed by atoms with Crippen LogP contribution in [-0.4, -0.2) is 10.8 Å². The molecule has 0 bridgehead atoms. The normalized spacial score (nSPS) is 15.4. The van der Waals surface area contributed by atoms with Gasteiger partial charge in [0.2, 0.25) is 0 Å². The van der Waals surface area contributed by atoms with E-state index in [9.17, 15) is 18.0 Å². The van der Waals surface area contributed by atoms with Crippen LogP contribution in [0.2, 0.25) is 0 Å². The summed E-state index contributed by atoms with van der Waals surface area (Å²) in [5.41, 5.74) is 2.51. The number of rotatable bonds is 8. The Morgan fingerprint density at radius 1 is 1.10 bits per heavy atom. The molecule has 1 saturated carbocycles. The minimum atomic E-state index is -4.33. The van der Waals surface area contributed by atoms with Crippen molar-refractivity contribution in [1.29, 1.82) is 0 Å². The molecule has 31 heavy (non-hydrogen) atoms. The number of hydrogen-bond acceptors (Lipinski definition) is 2. The number of hydrogen-bond donors (Lipinski definition) is 0. The van der Waals surface area contributed by atoms with E-state index in [2.05, 4.69) is 18.8 Å². The molecule has 0 atom stereocenters. The molecule has 0 aliphatic heterocycles. The molecule has 1 aliphatic rings. The first-order valence-electron chi connectivity index (χ1n) is 11.4. The maximum absolute atomic E-state index is 12.9. The third-order valence-electron chi connectivity index (χ3n) is 6.34. The van der Waals surface area contributed by atoms with Crippen LogP contribution < -0.4 is 0 Å². The first-order valence-corrected chi connectivity index (χ1v) is 11.4. The number of carbonyl (C=O) groups is 1. The Bertz CT molecular complexity index is 882. The Balaban J connectivity index is 1.66. The summed E-state index contributed by atoms with van der Waals surface area (Å²) in [6.45, 7) is 4.12. The second kappa shape index (κ2) is 10.4. The summed E-state index contributed by atoms with van der Waals surface area (Å²) in [5.74, 6) is 1.01. The average Bonchev–Trinajstić information content (AvgIpc) is 2.76. The fourth-order valence-corrected chi connectivity index (χ4v) is 4.49. The van der Waals surface area contributed by atoms with Crippen LogP contribution in [0.25, 0.3) is 0 Å². The number of nitrogens with zero attached hydrogens (tertiary/aromatic N) is 1. The zero-order valence-electron chi connectivity index (χ0n) is 18.5. The molecule has 168 valence electrons. The third kappa shape index (κ3) is 6.65. The Hall–Kier alpha value is -2.17. The largest absolute Gasteiger partial charge is 0.416 e. The number of carbonyl (C=O) groups excluding carboxylic acids is 1. The summed E-state index contributed by atoms with van der Waals surface area (Å²) < 4.78 is 38.8. The van der Waals surface area contributed by atoms with Crippen LogP contribution >= 0.6 is 0 Å². The van der Waals surface area contributed by atoms with Crippen LogP contribution in [0.15, 0.2) is 36.5 Å². The second-order valence-electron chi connectivity index (χ2n) is 9.08. The monoisotopic (exact) mass is 431 g/mol. The van der Waals surface area contributed by atoms with E-state index >= 15 is 0 Å². The van der Waals surface area contributed by atoms with Gasteiger partial charge in [-0.3, -0.25) is 9.78 Å². The second-order valence-corrected chi connectivity index (χ2v) is 9.08. The van der Waals surface area contributed by atoms with E-state index in [1.807, 2.05) is 6.07 Å². The molecule has 5 heteroatoms. The van der Waals surface area contributed by atoms with Crippen LogP contribution in [0.5, 0.6) is 0 Å². The van der Waals surface area contributed by atoms with Crippen molar-refractivity contribution in [3.05, 3.63) is 64.5 Å². The smallest absolute Gasteiger partial charge is 0.294 e. The Kier molecular flexibility index (Phi) is 7.90. The summed E-state index contributed by atoms with van der Waals surface area (Å²) >= 11 is 0. The van der Waals surface area contributed by atoms with Crippen molar-refractivity contribution in [2.75, 3.05) is 0 Å². The third-order valence-corrected chi connectivity index (χ3v) is 6.34. The molecule has 0 unspecified atom stereocenters. The van der Waals surface area contributed by atoms with Crippen LogP contribution in [0, 0.1) is 5.92 Å². The molecule has 2 aromatic rings. The lowest BCUT2D eigenvalue weighted by molar-refractivity contribution is -0.137. The number of benzene rings is 1. The van der Waals surface area contributed by atoms with Crippen LogP contribution in [0.1, 0.15) is 97.5 Å². The molecular weight excluding hydrogens is 399 g/mol. The summed E-state index contributed by atoms with van der Waals surface area (Å²) in [4.78, 5) is 17.4. The number of alkyl halides is 3. The van der Waals surface area contributed by atoms with Gasteiger partial charge in [0.25, 0.3) is 0 Å². The van der Waals surface area contributed by atoms with Crippen LogP contribution in [0.4, 0.5) is 13.2 Å². The topological polar surface area (TPSA) is 30.0 Å². The van der Waals surface area contributed by atoms with Crippen molar-refractivity contribution in [1.82, 2.24) is 4.98 Å². The molecule has 1 fully saturated rings. The lowest BCUT2D eigenvalue weighted by Crippen LogP contribution is -2.12. The van der Waals surface area contributed by atoms with Gasteiger partial charge >= 0.3 is 6.18 Å². The first kappa shape index (κ1) is 23.5. The number of pyridine rings is 1. The summed E-state index contributed by atoms with van der Waals surface area (Å²) in [6, 6.07) is 7.41. The van der Waals surface area contributed by atoms with Gasteiger partial charge in [-0.25, -0.2) is 0 Å². The molecule has 1 aliphatic carbocycles. The van der Waals surface area contributed by atoms with Gasteiger partial charge in [-0.2, -0.15) is 13.2 Å². The highest BCUT2D eigenvalue weighted by Crippen LogP contribution is 2.31. The van der Waals surface area contributed by atoms with Gasteiger partial charge in [-0.15, -0.1) is 0 Å². The molecule has 1 heterocycles. The summed E-state index contributed by atoms with van der Waals surface area (Å²) in [6.07, 6.45) is 6.21. The molecule has 0 saturated heterocycles. The van der Waals surface area contributed by atoms with Crippen molar-refractivity contribution in [3.8, 4) is 0 Å². The first-order chi connectivity index (χ1) is 14.7. The Morgan fingerprint density at radius 2 is 1.84 bits per heavy atom. The fraction of sp³-hybridized carbons (Fsp3) is 0.538.